The summed E-state index contributed by atoms with van der Waals surface area (Å²) in [5.41, 5.74) is -0.0752. The van der Waals surface area contributed by atoms with E-state index in [1.54, 1.807) is 48.6 Å². The molecule has 0 aliphatic heterocycles. The Morgan fingerprint density at radius 2 is 1.63 bits per heavy atom. The minimum Gasteiger partial charge on any atom is -0.361 e. The fraction of sp³-hybridized carbons (Fsp3) is 0.364. The summed E-state index contributed by atoms with van der Waals surface area (Å²) in [6.07, 6.45) is 6.40. The van der Waals surface area contributed by atoms with Crippen LogP contribution in [0.1, 0.15) is 19.4 Å². The van der Waals surface area contributed by atoms with E-state index in [2.05, 4.69) is 26.3 Å². The first kappa shape index (κ1) is 23.1. The zero-order valence-corrected chi connectivity index (χ0v) is 17.4. The molecule has 0 saturated carbocycles. The van der Waals surface area contributed by atoms with E-state index in [0.29, 0.717) is 0 Å². The van der Waals surface area contributed by atoms with Crippen molar-refractivity contribution in [2.45, 2.75) is 37.3 Å². The number of sulfonamides is 1. The van der Waals surface area contributed by atoms with Crippen molar-refractivity contribution in [2.24, 2.45) is 5.92 Å². The van der Waals surface area contributed by atoms with Crippen LogP contribution in [0.15, 0.2) is 79.8 Å². The van der Waals surface area contributed by atoms with Gasteiger partial charge in [0.25, 0.3) is 0 Å². The van der Waals surface area contributed by atoms with Gasteiger partial charge in [0.1, 0.15) is 5.60 Å². The second-order valence-electron chi connectivity index (χ2n) is 6.73. The Kier molecular flexibility index (Phi) is 8.41. The molecule has 0 radical (unpaired) electrons. The highest BCUT2D eigenvalue weighted by Crippen LogP contribution is 2.33. The average molecular weight is 390 g/mol. The molecule has 0 spiro atoms. The molecule has 0 bridgehead atoms. The van der Waals surface area contributed by atoms with Gasteiger partial charge in [-0.05, 0) is 25.0 Å². The molecule has 0 unspecified atom stereocenters. The molecule has 0 aromatic heterocycles. The molecule has 0 amide bonds. The first-order valence-electron chi connectivity index (χ1n) is 8.91. The first-order chi connectivity index (χ1) is 12.7. The Balaban J connectivity index is 3.59. The number of ether oxygens (including phenoxy) is 1. The molecule has 1 aromatic rings. The Bertz CT molecular complexity index is 755. The highest BCUT2D eigenvalue weighted by atomic mass is 32.2. The largest absolute Gasteiger partial charge is 0.361 e. The van der Waals surface area contributed by atoms with Crippen molar-refractivity contribution in [2.75, 3.05) is 13.2 Å². The lowest BCUT2D eigenvalue weighted by atomic mass is 9.85. The van der Waals surface area contributed by atoms with Gasteiger partial charge in [-0.25, -0.2) is 8.42 Å². The van der Waals surface area contributed by atoms with Crippen molar-refractivity contribution in [3.05, 3.63) is 80.4 Å². The molecule has 1 rings (SSSR count). The molecule has 0 N–H and O–H groups in total. The van der Waals surface area contributed by atoms with Crippen LogP contribution in [0.4, 0.5) is 0 Å². The van der Waals surface area contributed by atoms with Crippen LogP contribution in [0.5, 0.6) is 0 Å². The molecule has 0 aliphatic rings. The van der Waals surface area contributed by atoms with Crippen molar-refractivity contribution < 1.29 is 13.2 Å². The monoisotopic (exact) mass is 389 g/mol. The number of aryl methyl sites for hydroxylation is 1. The van der Waals surface area contributed by atoms with Crippen LogP contribution in [0.2, 0.25) is 0 Å². The van der Waals surface area contributed by atoms with Crippen molar-refractivity contribution in [3.63, 3.8) is 0 Å². The summed E-state index contributed by atoms with van der Waals surface area (Å²) in [6, 6.07) is 6.24. The Morgan fingerprint density at radius 3 is 2.04 bits per heavy atom. The highest BCUT2D eigenvalue weighted by molar-refractivity contribution is 7.89. The van der Waals surface area contributed by atoms with Crippen LogP contribution in [0, 0.1) is 12.8 Å². The summed E-state index contributed by atoms with van der Waals surface area (Å²) in [5, 5.41) is 0. The molecule has 27 heavy (non-hydrogen) atoms. The third-order valence-corrected chi connectivity index (χ3v) is 6.29. The summed E-state index contributed by atoms with van der Waals surface area (Å²) in [4.78, 5) is 0.228. The fourth-order valence-electron chi connectivity index (χ4n) is 3.14. The lowest BCUT2D eigenvalue weighted by molar-refractivity contribution is -0.0180. The van der Waals surface area contributed by atoms with Gasteiger partial charge in [0.05, 0.1) is 17.5 Å². The molecule has 5 heteroatoms. The van der Waals surface area contributed by atoms with E-state index < -0.39 is 21.7 Å². The third-order valence-electron chi connectivity index (χ3n) is 4.43. The minimum atomic E-state index is -3.79. The van der Waals surface area contributed by atoms with E-state index in [1.165, 1.54) is 4.31 Å². The molecule has 1 aromatic carbocycles. The van der Waals surface area contributed by atoms with E-state index in [-0.39, 0.29) is 24.0 Å². The third kappa shape index (κ3) is 5.06. The van der Waals surface area contributed by atoms with E-state index in [0.717, 1.165) is 5.56 Å². The minimum absolute atomic E-state index is 0.0778. The second kappa shape index (κ2) is 9.83. The second-order valence-corrected chi connectivity index (χ2v) is 8.62. The molecule has 0 fully saturated rings. The molecule has 4 nitrogen and oxygen atoms in total. The Hall–Kier alpha value is -1.95. The smallest absolute Gasteiger partial charge is 0.243 e. The van der Waals surface area contributed by atoms with E-state index >= 15 is 0 Å². The van der Waals surface area contributed by atoms with Crippen LogP contribution in [-0.2, 0) is 14.8 Å². The first-order valence-corrected chi connectivity index (χ1v) is 10.4. The molecule has 1 atom stereocenters. The molecular weight excluding hydrogens is 358 g/mol. The Morgan fingerprint density at radius 1 is 1.07 bits per heavy atom. The predicted molar refractivity (Wildman–Crippen MR) is 113 cm³/mol. The average Bonchev–Trinajstić information content (AvgIpc) is 2.64. The van der Waals surface area contributed by atoms with Crippen molar-refractivity contribution >= 4 is 10.0 Å². The standard InChI is InChI=1S/C22H31NO3S/c1-8-16-23(27(24,25)20-14-12-19(7)13-15-20)21(18(5)6)22(10-3,11-4)26-17-9-2/h8-15,18,21H,1-4,16-17H2,5-7H3/t21-/m0/s1. The van der Waals surface area contributed by atoms with E-state index in [1.807, 2.05) is 20.8 Å². The Labute approximate surface area is 164 Å². The van der Waals surface area contributed by atoms with Crippen molar-refractivity contribution in [1.29, 1.82) is 0 Å². The summed E-state index contributed by atoms with van der Waals surface area (Å²) in [7, 11) is -3.79. The van der Waals surface area contributed by atoms with Gasteiger partial charge in [-0.2, -0.15) is 4.31 Å². The van der Waals surface area contributed by atoms with Crippen LogP contribution in [-0.4, -0.2) is 37.5 Å². The lowest BCUT2D eigenvalue weighted by Crippen LogP contribution is -2.56. The molecule has 0 heterocycles. The quantitative estimate of drug-likeness (QED) is 0.494. The lowest BCUT2D eigenvalue weighted by Gasteiger charge is -2.43. The van der Waals surface area contributed by atoms with Gasteiger partial charge in [-0.15, -0.1) is 13.2 Å². The summed E-state index contributed by atoms with van der Waals surface area (Å²) in [5.74, 6) is -0.0778. The topological polar surface area (TPSA) is 46.6 Å². The number of nitrogens with zero attached hydrogens (tertiary/aromatic N) is 1. The maximum atomic E-state index is 13.5. The van der Waals surface area contributed by atoms with Crippen LogP contribution < -0.4 is 0 Å². The number of benzene rings is 1. The van der Waals surface area contributed by atoms with Gasteiger partial charge < -0.3 is 4.74 Å². The van der Waals surface area contributed by atoms with Gasteiger partial charge in [-0.3, -0.25) is 0 Å². The predicted octanol–water partition coefficient (Wildman–Crippen LogP) is 4.51. The van der Waals surface area contributed by atoms with Gasteiger partial charge >= 0.3 is 0 Å². The number of rotatable bonds is 12. The molecule has 0 aliphatic carbocycles. The normalized spacial score (nSPS) is 13.4. The van der Waals surface area contributed by atoms with Crippen molar-refractivity contribution in [3.8, 4) is 0 Å². The molecule has 148 valence electrons. The molecule has 0 saturated heterocycles. The number of hydrogen-bond donors (Lipinski definition) is 0. The van der Waals surface area contributed by atoms with Gasteiger partial charge in [0.15, 0.2) is 0 Å². The van der Waals surface area contributed by atoms with Crippen LogP contribution in [0.3, 0.4) is 0 Å². The zero-order valence-electron chi connectivity index (χ0n) is 16.6. The van der Waals surface area contributed by atoms with Gasteiger partial charge in [0.2, 0.25) is 10.0 Å². The maximum absolute atomic E-state index is 13.5. The zero-order chi connectivity index (χ0) is 20.7. The summed E-state index contributed by atoms with van der Waals surface area (Å²) < 4.78 is 34.3. The van der Waals surface area contributed by atoms with Gasteiger partial charge in [-0.1, -0.05) is 69.0 Å². The SMILES string of the molecule is C=CCOC(C=C)(C=C)[C@H](C(C)C)N(CC=C)S(=O)(=O)c1ccc(C)cc1. The highest BCUT2D eigenvalue weighted by Gasteiger charge is 2.45. The van der Waals surface area contributed by atoms with E-state index in [9.17, 15) is 8.42 Å². The number of hydrogen-bond acceptors (Lipinski definition) is 3. The summed E-state index contributed by atoms with van der Waals surface area (Å²) in [6.45, 7) is 21.4. The van der Waals surface area contributed by atoms with E-state index in [4.69, 9.17) is 4.74 Å². The van der Waals surface area contributed by atoms with Crippen LogP contribution >= 0.6 is 0 Å². The summed E-state index contributed by atoms with van der Waals surface area (Å²) >= 11 is 0. The molecular formula is C22H31NO3S. The maximum Gasteiger partial charge on any atom is 0.243 e. The van der Waals surface area contributed by atoms with Crippen molar-refractivity contribution in [1.82, 2.24) is 4.31 Å². The fourth-order valence-corrected chi connectivity index (χ4v) is 4.90. The van der Waals surface area contributed by atoms with Gasteiger partial charge in [0, 0.05) is 6.54 Å². The van der Waals surface area contributed by atoms with Crippen LogP contribution in [0.25, 0.3) is 0 Å².